The summed E-state index contributed by atoms with van der Waals surface area (Å²) in [6.07, 6.45) is 2.93. The first kappa shape index (κ1) is 9.78. The first-order valence-electron chi connectivity index (χ1n) is 4.61. The highest BCUT2D eigenvalue weighted by Crippen LogP contribution is 2.04. The number of nitrogens with zero attached hydrogens (tertiary/aromatic N) is 1. The fraction of sp³-hybridized carbons (Fsp3) is 0.364. The van der Waals surface area contributed by atoms with Gasteiger partial charge in [0, 0.05) is 6.21 Å². The van der Waals surface area contributed by atoms with Crippen LogP contribution in [0.3, 0.4) is 0 Å². The summed E-state index contributed by atoms with van der Waals surface area (Å²) in [6.45, 7) is 4.35. The molecule has 0 aliphatic rings. The molecule has 0 aliphatic heterocycles. The van der Waals surface area contributed by atoms with E-state index in [1.54, 1.807) is 0 Å². The maximum atomic E-state index is 4.11. The second kappa shape index (κ2) is 5.36. The van der Waals surface area contributed by atoms with Crippen LogP contribution in [-0.2, 0) is 0 Å². The van der Waals surface area contributed by atoms with Crippen LogP contribution in [0.25, 0.3) is 0 Å². The average molecular weight is 176 g/mol. The Morgan fingerprint density at radius 3 is 2.62 bits per heavy atom. The van der Waals surface area contributed by atoms with Crippen LogP contribution >= 0.6 is 0 Å². The molecule has 0 radical (unpaired) electrons. The average Bonchev–Trinajstić information content (AvgIpc) is 2.14. The largest absolute Gasteiger partial charge is 0.279 e. The number of hydrogen-bond donors (Lipinski definition) is 1. The van der Waals surface area contributed by atoms with Gasteiger partial charge in [-0.1, -0.05) is 32.0 Å². The number of para-hydroxylation sites is 1. The molecule has 13 heavy (non-hydrogen) atoms. The van der Waals surface area contributed by atoms with Crippen molar-refractivity contribution in [3.8, 4) is 0 Å². The molecule has 1 N–H and O–H groups in total. The van der Waals surface area contributed by atoms with Gasteiger partial charge in [-0.3, -0.25) is 5.43 Å². The molecule has 0 fully saturated rings. The first-order chi connectivity index (χ1) is 6.29. The summed E-state index contributed by atoms with van der Waals surface area (Å²) >= 11 is 0. The van der Waals surface area contributed by atoms with E-state index in [-0.39, 0.29) is 0 Å². The van der Waals surface area contributed by atoms with Crippen LogP contribution in [0.5, 0.6) is 0 Å². The molecule has 0 unspecified atom stereocenters. The summed E-state index contributed by atoms with van der Waals surface area (Å²) in [4.78, 5) is 0. The molecule has 2 nitrogen and oxygen atoms in total. The lowest BCUT2D eigenvalue weighted by molar-refractivity contribution is 0.690. The van der Waals surface area contributed by atoms with E-state index in [1.165, 1.54) is 0 Å². The molecule has 2 heteroatoms. The van der Waals surface area contributed by atoms with Crippen molar-refractivity contribution in [2.24, 2.45) is 11.0 Å². The second-order valence-electron chi connectivity index (χ2n) is 3.42. The summed E-state index contributed by atoms with van der Waals surface area (Å²) in [6, 6.07) is 9.95. The Morgan fingerprint density at radius 2 is 2.00 bits per heavy atom. The molecule has 0 saturated heterocycles. The van der Waals surface area contributed by atoms with Gasteiger partial charge >= 0.3 is 0 Å². The Kier molecular flexibility index (Phi) is 4.03. The van der Waals surface area contributed by atoms with E-state index in [0.29, 0.717) is 5.92 Å². The van der Waals surface area contributed by atoms with Crippen molar-refractivity contribution in [3.05, 3.63) is 30.3 Å². The SMILES string of the molecule is CC(C)CC=NNc1ccccc1. The molecular formula is C11H16N2. The van der Waals surface area contributed by atoms with Gasteiger partial charge in [-0.2, -0.15) is 5.10 Å². The summed E-state index contributed by atoms with van der Waals surface area (Å²) in [5.41, 5.74) is 4.00. The van der Waals surface area contributed by atoms with Gasteiger partial charge in [0.2, 0.25) is 0 Å². The van der Waals surface area contributed by atoms with Gasteiger partial charge in [-0.25, -0.2) is 0 Å². The number of nitrogens with one attached hydrogen (secondary N) is 1. The predicted octanol–water partition coefficient (Wildman–Crippen LogP) is 3.13. The monoisotopic (exact) mass is 176 g/mol. The quantitative estimate of drug-likeness (QED) is 0.553. The molecule has 70 valence electrons. The number of hydrogen-bond acceptors (Lipinski definition) is 2. The molecule has 0 amide bonds. The maximum absolute atomic E-state index is 4.11. The van der Waals surface area contributed by atoms with E-state index in [9.17, 15) is 0 Å². The predicted molar refractivity (Wildman–Crippen MR) is 58.0 cm³/mol. The summed E-state index contributed by atoms with van der Waals surface area (Å²) in [7, 11) is 0. The Bertz CT molecular complexity index is 252. The standard InChI is InChI=1S/C11H16N2/c1-10(2)8-9-12-13-11-6-4-3-5-7-11/h3-7,9-10,13H,8H2,1-2H3. The molecule has 0 spiro atoms. The second-order valence-corrected chi connectivity index (χ2v) is 3.42. The van der Waals surface area contributed by atoms with Crippen LogP contribution in [0.1, 0.15) is 20.3 Å². The van der Waals surface area contributed by atoms with E-state index in [4.69, 9.17) is 0 Å². The van der Waals surface area contributed by atoms with Crippen molar-refractivity contribution in [3.63, 3.8) is 0 Å². The third kappa shape index (κ3) is 4.31. The van der Waals surface area contributed by atoms with Crippen molar-refractivity contribution in [2.75, 3.05) is 5.43 Å². The summed E-state index contributed by atoms with van der Waals surface area (Å²) < 4.78 is 0. The summed E-state index contributed by atoms with van der Waals surface area (Å²) in [5, 5.41) is 4.11. The third-order valence-electron chi connectivity index (χ3n) is 1.64. The van der Waals surface area contributed by atoms with Crippen molar-refractivity contribution >= 4 is 11.9 Å². The Hall–Kier alpha value is -1.31. The van der Waals surface area contributed by atoms with E-state index in [1.807, 2.05) is 36.5 Å². The van der Waals surface area contributed by atoms with E-state index in [2.05, 4.69) is 24.4 Å². The van der Waals surface area contributed by atoms with Crippen molar-refractivity contribution in [2.45, 2.75) is 20.3 Å². The molecule has 0 aliphatic carbocycles. The Balaban J connectivity index is 2.31. The van der Waals surface area contributed by atoms with E-state index in [0.717, 1.165) is 12.1 Å². The maximum Gasteiger partial charge on any atom is 0.0561 e. The fourth-order valence-corrected chi connectivity index (χ4v) is 0.896. The smallest absolute Gasteiger partial charge is 0.0561 e. The lowest BCUT2D eigenvalue weighted by Crippen LogP contribution is -1.92. The van der Waals surface area contributed by atoms with Crippen molar-refractivity contribution < 1.29 is 0 Å². The zero-order valence-corrected chi connectivity index (χ0v) is 8.20. The number of hydrazone groups is 1. The van der Waals surface area contributed by atoms with Gasteiger partial charge in [-0.05, 0) is 24.5 Å². The van der Waals surface area contributed by atoms with Gasteiger partial charge in [0.05, 0.1) is 5.69 Å². The minimum Gasteiger partial charge on any atom is -0.279 e. The lowest BCUT2D eigenvalue weighted by Gasteiger charge is -1.99. The zero-order valence-electron chi connectivity index (χ0n) is 8.20. The molecule has 1 aromatic carbocycles. The van der Waals surface area contributed by atoms with E-state index < -0.39 is 0 Å². The normalized spacial score (nSPS) is 11.0. The van der Waals surface area contributed by atoms with Crippen molar-refractivity contribution in [1.82, 2.24) is 0 Å². The van der Waals surface area contributed by atoms with Crippen LogP contribution in [0, 0.1) is 5.92 Å². The highest BCUT2D eigenvalue weighted by molar-refractivity contribution is 5.59. The topological polar surface area (TPSA) is 24.4 Å². The first-order valence-corrected chi connectivity index (χ1v) is 4.61. The van der Waals surface area contributed by atoms with Crippen molar-refractivity contribution in [1.29, 1.82) is 0 Å². The number of rotatable bonds is 4. The molecule has 0 saturated carbocycles. The summed E-state index contributed by atoms with van der Waals surface area (Å²) in [5.74, 6) is 0.668. The van der Waals surface area contributed by atoms with Crippen LogP contribution in [0.15, 0.2) is 35.4 Å². The molecule has 0 atom stereocenters. The van der Waals surface area contributed by atoms with Crippen LogP contribution in [-0.4, -0.2) is 6.21 Å². The van der Waals surface area contributed by atoms with Gasteiger partial charge in [0.15, 0.2) is 0 Å². The molecule has 0 heterocycles. The lowest BCUT2D eigenvalue weighted by atomic mass is 10.2. The molecular weight excluding hydrogens is 160 g/mol. The van der Waals surface area contributed by atoms with Crippen LogP contribution in [0.2, 0.25) is 0 Å². The molecule has 0 bridgehead atoms. The number of anilines is 1. The molecule has 1 rings (SSSR count). The highest BCUT2D eigenvalue weighted by atomic mass is 15.3. The van der Waals surface area contributed by atoms with Crippen LogP contribution in [0.4, 0.5) is 5.69 Å². The third-order valence-corrected chi connectivity index (χ3v) is 1.64. The Morgan fingerprint density at radius 1 is 1.31 bits per heavy atom. The van der Waals surface area contributed by atoms with Gasteiger partial charge < -0.3 is 0 Å². The minimum absolute atomic E-state index is 0.668. The van der Waals surface area contributed by atoms with Crippen LogP contribution < -0.4 is 5.43 Å². The van der Waals surface area contributed by atoms with Gasteiger partial charge in [-0.15, -0.1) is 0 Å². The zero-order chi connectivity index (χ0) is 9.52. The fourth-order valence-electron chi connectivity index (χ4n) is 0.896. The van der Waals surface area contributed by atoms with Gasteiger partial charge in [0.25, 0.3) is 0 Å². The van der Waals surface area contributed by atoms with Gasteiger partial charge in [0.1, 0.15) is 0 Å². The minimum atomic E-state index is 0.668. The molecule has 0 aromatic heterocycles. The molecule has 1 aromatic rings. The van der Waals surface area contributed by atoms with E-state index >= 15 is 0 Å². The Labute approximate surface area is 79.7 Å². The highest BCUT2D eigenvalue weighted by Gasteiger charge is 1.88. The number of benzene rings is 1.